The number of carbonyl (C=O) groups is 1. The number of hydrogen-bond acceptors (Lipinski definition) is 3. The van der Waals surface area contributed by atoms with Crippen molar-refractivity contribution >= 4 is 17.5 Å². The lowest BCUT2D eigenvalue weighted by atomic mass is 10.1. The van der Waals surface area contributed by atoms with Gasteiger partial charge >= 0.3 is 0 Å². The zero-order chi connectivity index (χ0) is 18.0. The molecule has 1 amide bonds. The molecule has 0 radical (unpaired) electrons. The number of hydrogen-bond donors (Lipinski definition) is 1. The molecule has 25 heavy (non-hydrogen) atoms. The molecule has 0 aliphatic heterocycles. The molecular weight excluding hydrogens is 338 g/mol. The van der Waals surface area contributed by atoms with Gasteiger partial charge in [-0.3, -0.25) is 9.48 Å². The summed E-state index contributed by atoms with van der Waals surface area (Å²) in [4.78, 5) is 11.6. The largest absolute Gasteiger partial charge is 0.497 e. The van der Waals surface area contributed by atoms with Gasteiger partial charge in [-0.1, -0.05) is 23.7 Å². The van der Waals surface area contributed by atoms with Crippen molar-refractivity contribution in [3.05, 3.63) is 70.4 Å². The van der Waals surface area contributed by atoms with Gasteiger partial charge in [0.15, 0.2) is 5.69 Å². The number of benzene rings is 2. The Labute approximate surface area is 151 Å². The van der Waals surface area contributed by atoms with Crippen LogP contribution in [0, 0.1) is 6.92 Å². The summed E-state index contributed by atoms with van der Waals surface area (Å²) in [5.74, 6) is 0.200. The first-order chi connectivity index (χ1) is 12.0. The topological polar surface area (TPSA) is 70.1 Å². The normalized spacial score (nSPS) is 10.7. The fourth-order valence-electron chi connectivity index (χ4n) is 2.56. The molecular formula is C19H18ClN3O2. The number of aryl methyl sites for hydroxylation is 1. The van der Waals surface area contributed by atoms with E-state index in [0.29, 0.717) is 11.6 Å². The highest BCUT2D eigenvalue weighted by Gasteiger charge is 2.14. The summed E-state index contributed by atoms with van der Waals surface area (Å²) >= 11 is 6.21. The second kappa shape index (κ2) is 6.99. The number of primary amides is 1. The lowest BCUT2D eigenvalue weighted by Crippen LogP contribution is -2.13. The van der Waals surface area contributed by atoms with E-state index in [-0.39, 0.29) is 5.69 Å². The number of rotatable bonds is 5. The standard InChI is InChI=1S/C19H18ClN3O2/c1-12-3-4-13(9-16(12)20)11-23-18(10-17(22-23)19(21)24)14-5-7-15(25-2)8-6-14/h3-10H,11H2,1-2H3,(H2,21,24). The third kappa shape index (κ3) is 3.67. The van der Waals surface area contributed by atoms with E-state index in [4.69, 9.17) is 22.1 Å². The van der Waals surface area contributed by atoms with Gasteiger partial charge < -0.3 is 10.5 Å². The average molecular weight is 356 g/mol. The van der Waals surface area contributed by atoms with E-state index in [1.165, 1.54) is 0 Å². The van der Waals surface area contributed by atoms with Crippen molar-refractivity contribution in [2.24, 2.45) is 5.73 Å². The van der Waals surface area contributed by atoms with Gasteiger partial charge in [-0.05, 0) is 54.4 Å². The Bertz CT molecular complexity index is 917. The Hall–Kier alpha value is -2.79. The molecule has 0 saturated carbocycles. The lowest BCUT2D eigenvalue weighted by Gasteiger charge is -2.09. The molecule has 5 nitrogen and oxygen atoms in total. The number of nitrogens with zero attached hydrogens (tertiary/aromatic N) is 2. The Kier molecular flexibility index (Phi) is 4.76. The van der Waals surface area contributed by atoms with Crippen LogP contribution in [0.1, 0.15) is 21.6 Å². The molecule has 0 unspecified atom stereocenters. The summed E-state index contributed by atoms with van der Waals surface area (Å²) in [7, 11) is 1.62. The van der Waals surface area contributed by atoms with E-state index >= 15 is 0 Å². The maximum Gasteiger partial charge on any atom is 0.269 e. The van der Waals surface area contributed by atoms with Gasteiger partial charge in [0.05, 0.1) is 19.3 Å². The molecule has 0 fully saturated rings. The average Bonchev–Trinajstić information content (AvgIpc) is 3.02. The van der Waals surface area contributed by atoms with Gasteiger partial charge in [-0.15, -0.1) is 0 Å². The Balaban J connectivity index is 2.01. The van der Waals surface area contributed by atoms with Crippen LogP contribution in [-0.2, 0) is 6.54 Å². The Morgan fingerprint density at radius 3 is 2.52 bits per heavy atom. The van der Waals surface area contributed by atoms with Crippen LogP contribution in [0.5, 0.6) is 5.75 Å². The highest BCUT2D eigenvalue weighted by atomic mass is 35.5. The molecule has 128 valence electrons. The Morgan fingerprint density at radius 1 is 1.20 bits per heavy atom. The van der Waals surface area contributed by atoms with Crippen LogP contribution in [-0.4, -0.2) is 22.8 Å². The van der Waals surface area contributed by atoms with E-state index in [2.05, 4.69) is 5.10 Å². The van der Waals surface area contributed by atoms with Gasteiger partial charge in [0.2, 0.25) is 0 Å². The molecule has 1 heterocycles. The highest BCUT2D eigenvalue weighted by molar-refractivity contribution is 6.31. The number of carbonyl (C=O) groups excluding carboxylic acids is 1. The van der Waals surface area contributed by atoms with Crippen molar-refractivity contribution in [3.63, 3.8) is 0 Å². The number of amides is 1. The maximum atomic E-state index is 11.6. The molecule has 3 aromatic rings. The van der Waals surface area contributed by atoms with Crippen molar-refractivity contribution in [2.45, 2.75) is 13.5 Å². The van der Waals surface area contributed by atoms with E-state index in [1.807, 2.05) is 49.4 Å². The van der Waals surface area contributed by atoms with Gasteiger partial charge in [-0.25, -0.2) is 0 Å². The van der Waals surface area contributed by atoms with Gasteiger partial charge in [0.25, 0.3) is 5.91 Å². The summed E-state index contributed by atoms with van der Waals surface area (Å²) in [5.41, 5.74) is 9.35. The zero-order valence-corrected chi connectivity index (χ0v) is 14.7. The van der Waals surface area contributed by atoms with E-state index < -0.39 is 5.91 Å². The molecule has 0 spiro atoms. The van der Waals surface area contributed by atoms with Gasteiger partial charge in [0.1, 0.15) is 5.75 Å². The van der Waals surface area contributed by atoms with Crippen molar-refractivity contribution in [1.82, 2.24) is 9.78 Å². The van der Waals surface area contributed by atoms with Crippen LogP contribution >= 0.6 is 11.6 Å². The van der Waals surface area contributed by atoms with Crippen molar-refractivity contribution in [2.75, 3.05) is 7.11 Å². The van der Waals surface area contributed by atoms with E-state index in [9.17, 15) is 4.79 Å². The first-order valence-electron chi connectivity index (χ1n) is 7.75. The molecule has 0 aliphatic carbocycles. The Morgan fingerprint density at radius 2 is 1.92 bits per heavy atom. The molecule has 0 bridgehead atoms. The van der Waals surface area contributed by atoms with Crippen molar-refractivity contribution in [1.29, 1.82) is 0 Å². The zero-order valence-electron chi connectivity index (χ0n) is 14.0. The minimum Gasteiger partial charge on any atom is -0.497 e. The second-order valence-electron chi connectivity index (χ2n) is 5.75. The van der Waals surface area contributed by atoms with E-state index in [1.54, 1.807) is 17.9 Å². The lowest BCUT2D eigenvalue weighted by molar-refractivity contribution is 0.0995. The summed E-state index contributed by atoms with van der Waals surface area (Å²) in [5, 5.41) is 5.04. The van der Waals surface area contributed by atoms with Crippen molar-refractivity contribution < 1.29 is 9.53 Å². The molecule has 0 aliphatic rings. The third-order valence-electron chi connectivity index (χ3n) is 3.99. The number of halogens is 1. The van der Waals surface area contributed by atoms with Crippen LogP contribution in [0.25, 0.3) is 11.3 Å². The van der Waals surface area contributed by atoms with Crippen molar-refractivity contribution in [3.8, 4) is 17.0 Å². The molecule has 0 atom stereocenters. The van der Waals surface area contributed by atoms with Crippen LogP contribution in [0.4, 0.5) is 0 Å². The fraction of sp³-hybridized carbons (Fsp3) is 0.158. The number of aromatic nitrogens is 2. The minimum atomic E-state index is -0.560. The minimum absolute atomic E-state index is 0.226. The second-order valence-corrected chi connectivity index (χ2v) is 6.16. The van der Waals surface area contributed by atoms with Crippen LogP contribution < -0.4 is 10.5 Å². The monoisotopic (exact) mass is 355 g/mol. The number of methoxy groups -OCH3 is 1. The smallest absolute Gasteiger partial charge is 0.269 e. The summed E-state index contributed by atoms with van der Waals surface area (Å²) in [6, 6.07) is 15.1. The first-order valence-corrected chi connectivity index (χ1v) is 8.13. The fourth-order valence-corrected chi connectivity index (χ4v) is 2.76. The highest BCUT2D eigenvalue weighted by Crippen LogP contribution is 2.25. The predicted octanol–water partition coefficient (Wildman–Crippen LogP) is 3.67. The van der Waals surface area contributed by atoms with Crippen LogP contribution in [0.2, 0.25) is 5.02 Å². The van der Waals surface area contributed by atoms with Gasteiger partial charge in [0, 0.05) is 10.6 Å². The quantitative estimate of drug-likeness (QED) is 0.759. The van der Waals surface area contributed by atoms with Crippen LogP contribution in [0.3, 0.4) is 0 Å². The number of nitrogens with two attached hydrogens (primary N) is 1. The number of ether oxygens (including phenoxy) is 1. The van der Waals surface area contributed by atoms with Gasteiger partial charge in [-0.2, -0.15) is 5.10 Å². The molecule has 0 saturated heterocycles. The predicted molar refractivity (Wildman–Crippen MR) is 98.0 cm³/mol. The summed E-state index contributed by atoms with van der Waals surface area (Å²) in [6.45, 7) is 2.43. The third-order valence-corrected chi connectivity index (χ3v) is 4.39. The summed E-state index contributed by atoms with van der Waals surface area (Å²) < 4.78 is 6.94. The SMILES string of the molecule is COc1ccc(-c2cc(C(N)=O)nn2Cc2ccc(C)c(Cl)c2)cc1. The molecule has 1 aromatic heterocycles. The van der Waals surface area contributed by atoms with Crippen LogP contribution in [0.15, 0.2) is 48.5 Å². The summed E-state index contributed by atoms with van der Waals surface area (Å²) in [6.07, 6.45) is 0. The molecule has 2 aromatic carbocycles. The molecule has 2 N–H and O–H groups in total. The molecule has 6 heteroatoms. The molecule has 3 rings (SSSR count). The maximum absolute atomic E-state index is 11.6. The first kappa shape index (κ1) is 17.0. The van der Waals surface area contributed by atoms with E-state index in [0.717, 1.165) is 28.1 Å².